The number of rotatable bonds is 6. The predicted molar refractivity (Wildman–Crippen MR) is 46.1 cm³/mol. The van der Waals surface area contributed by atoms with E-state index in [1.807, 2.05) is 0 Å². The Bertz CT molecular complexity index is 87.8. The molecule has 0 heterocycles. The second-order valence-corrected chi connectivity index (χ2v) is 3.89. The third kappa shape index (κ3) is 6.70. The number of unbranched alkanes of at least 4 members (excludes halogenated alkanes) is 3. The van der Waals surface area contributed by atoms with Crippen LogP contribution in [-0.4, -0.2) is 20.7 Å². The highest BCUT2D eigenvalue weighted by molar-refractivity contribution is 7.45. The molecule has 0 radical (unpaired) electrons. The highest BCUT2D eigenvalue weighted by Crippen LogP contribution is 2.32. The van der Waals surface area contributed by atoms with Crippen molar-refractivity contribution in [1.29, 1.82) is 0 Å². The van der Waals surface area contributed by atoms with Crippen LogP contribution in [-0.2, 0) is 0 Å². The molecule has 11 heavy (non-hydrogen) atoms. The van der Waals surface area contributed by atoms with Crippen molar-refractivity contribution in [3.8, 4) is 0 Å². The zero-order chi connectivity index (χ0) is 8.69. The van der Waals surface area contributed by atoms with Gasteiger partial charge in [0.25, 0.3) is 0 Å². The summed E-state index contributed by atoms with van der Waals surface area (Å²) in [6.07, 6.45) is 4.77. The Balaban J connectivity index is 3.10. The van der Waals surface area contributed by atoms with E-state index >= 15 is 0 Å². The van der Waals surface area contributed by atoms with E-state index in [4.69, 9.17) is 14.9 Å². The minimum absolute atomic E-state index is 0.513. The molecule has 68 valence electrons. The zero-order valence-electron chi connectivity index (χ0n) is 6.90. The van der Waals surface area contributed by atoms with Gasteiger partial charge in [0, 0.05) is 0 Å². The lowest BCUT2D eigenvalue weighted by Gasteiger charge is -2.10. The topological polar surface area (TPSA) is 60.7 Å². The van der Waals surface area contributed by atoms with E-state index in [0.29, 0.717) is 6.42 Å². The molecule has 0 aromatic heterocycles. The zero-order valence-corrected chi connectivity index (χ0v) is 7.80. The first kappa shape index (κ1) is 11.3. The van der Waals surface area contributed by atoms with Gasteiger partial charge in [-0.2, -0.15) is 0 Å². The summed E-state index contributed by atoms with van der Waals surface area (Å²) in [5.41, 5.74) is 0. The number of aliphatic hydroxyl groups excluding tert-OH is 1. The van der Waals surface area contributed by atoms with Crippen LogP contribution in [0.2, 0.25) is 0 Å². The van der Waals surface area contributed by atoms with Crippen molar-refractivity contribution < 1.29 is 14.9 Å². The molecule has 3 nitrogen and oxygen atoms in total. The normalized spacial score (nSPS) is 13.9. The van der Waals surface area contributed by atoms with Crippen LogP contribution in [0.1, 0.15) is 39.0 Å². The third-order valence-electron chi connectivity index (χ3n) is 1.58. The van der Waals surface area contributed by atoms with Crippen LogP contribution in [0.15, 0.2) is 0 Å². The van der Waals surface area contributed by atoms with Gasteiger partial charge in [0.15, 0.2) is 8.38 Å². The Morgan fingerprint density at radius 3 is 2.27 bits per heavy atom. The van der Waals surface area contributed by atoms with Crippen molar-refractivity contribution in [2.75, 3.05) is 0 Å². The van der Waals surface area contributed by atoms with Gasteiger partial charge in [-0.1, -0.05) is 32.6 Å². The van der Waals surface area contributed by atoms with E-state index in [1.165, 1.54) is 0 Å². The van der Waals surface area contributed by atoms with Gasteiger partial charge in [0.2, 0.25) is 0 Å². The maximum Gasteiger partial charge on any atom is 0.195 e. The SMILES string of the molecule is CCCCCCC(O)P(O)O. The average Bonchev–Trinajstić information content (AvgIpc) is 1.97. The van der Waals surface area contributed by atoms with Crippen molar-refractivity contribution in [2.45, 2.75) is 44.9 Å². The molecule has 3 N–H and O–H groups in total. The summed E-state index contributed by atoms with van der Waals surface area (Å²) in [5.74, 6) is -0.901. The molecule has 4 heteroatoms. The Morgan fingerprint density at radius 1 is 1.18 bits per heavy atom. The van der Waals surface area contributed by atoms with Crippen LogP contribution in [0.5, 0.6) is 0 Å². The summed E-state index contributed by atoms with van der Waals surface area (Å²) >= 11 is 0. The van der Waals surface area contributed by atoms with Gasteiger partial charge >= 0.3 is 0 Å². The van der Waals surface area contributed by atoms with Crippen molar-refractivity contribution in [3.63, 3.8) is 0 Å². The first-order chi connectivity index (χ1) is 5.18. The first-order valence-electron chi connectivity index (χ1n) is 4.03. The predicted octanol–water partition coefficient (Wildman–Crippen LogP) is 1.57. The first-order valence-corrected chi connectivity index (χ1v) is 5.35. The monoisotopic (exact) mass is 180 g/mol. The van der Waals surface area contributed by atoms with E-state index in [1.54, 1.807) is 0 Å². The third-order valence-corrected chi connectivity index (χ3v) is 2.37. The maximum atomic E-state index is 8.95. The number of aliphatic hydroxyl groups is 1. The molecule has 0 fully saturated rings. The summed E-state index contributed by atoms with van der Waals surface area (Å²) in [6.45, 7) is 2.11. The standard InChI is InChI=1S/C7H17O3P/c1-2-3-4-5-6-7(8)11(9)10/h7-10H,2-6H2,1H3. The van der Waals surface area contributed by atoms with Crippen LogP contribution >= 0.6 is 8.38 Å². The van der Waals surface area contributed by atoms with Crippen molar-refractivity contribution in [3.05, 3.63) is 0 Å². The highest BCUT2D eigenvalue weighted by atomic mass is 31.2. The van der Waals surface area contributed by atoms with Gasteiger partial charge in [-0.15, -0.1) is 0 Å². The lowest BCUT2D eigenvalue weighted by atomic mass is 10.2. The van der Waals surface area contributed by atoms with Gasteiger partial charge in [-0.05, 0) is 6.42 Å². The molecule has 0 aromatic carbocycles. The molecule has 0 aliphatic heterocycles. The summed E-state index contributed by atoms with van der Waals surface area (Å²) in [6, 6.07) is 0. The van der Waals surface area contributed by atoms with Crippen LogP contribution < -0.4 is 0 Å². The van der Waals surface area contributed by atoms with E-state index in [9.17, 15) is 0 Å². The van der Waals surface area contributed by atoms with Gasteiger partial charge in [-0.3, -0.25) is 0 Å². The minimum Gasteiger partial charge on any atom is -0.384 e. The average molecular weight is 180 g/mol. The van der Waals surface area contributed by atoms with Crippen molar-refractivity contribution >= 4 is 8.38 Å². The second kappa shape index (κ2) is 6.99. The second-order valence-electron chi connectivity index (χ2n) is 2.65. The minimum atomic E-state index is -2.13. The molecule has 0 spiro atoms. The molecular weight excluding hydrogens is 163 g/mol. The largest absolute Gasteiger partial charge is 0.384 e. The molecular formula is C7H17O3P. The Kier molecular flexibility index (Phi) is 7.18. The summed E-state index contributed by atoms with van der Waals surface area (Å²) < 4.78 is 0. The Hall–Kier alpha value is 0.310. The smallest absolute Gasteiger partial charge is 0.195 e. The molecule has 1 unspecified atom stereocenters. The molecule has 0 saturated carbocycles. The van der Waals surface area contributed by atoms with Gasteiger partial charge < -0.3 is 14.9 Å². The molecule has 1 atom stereocenters. The van der Waals surface area contributed by atoms with Gasteiger partial charge in [-0.25, -0.2) is 0 Å². The fourth-order valence-corrected chi connectivity index (χ4v) is 1.28. The summed E-state index contributed by atoms with van der Waals surface area (Å²) in [5, 5.41) is 8.95. The summed E-state index contributed by atoms with van der Waals surface area (Å²) in [7, 11) is -2.13. The summed E-state index contributed by atoms with van der Waals surface area (Å²) in [4.78, 5) is 17.1. The van der Waals surface area contributed by atoms with Crippen LogP contribution in [0.4, 0.5) is 0 Å². The molecule has 0 aliphatic rings. The molecule has 0 aliphatic carbocycles. The highest BCUT2D eigenvalue weighted by Gasteiger charge is 2.12. The molecule has 0 saturated heterocycles. The van der Waals surface area contributed by atoms with Crippen molar-refractivity contribution in [1.82, 2.24) is 0 Å². The molecule has 0 rings (SSSR count). The van der Waals surface area contributed by atoms with E-state index < -0.39 is 14.2 Å². The lowest BCUT2D eigenvalue weighted by Crippen LogP contribution is -2.02. The van der Waals surface area contributed by atoms with Crippen LogP contribution in [0, 0.1) is 0 Å². The Labute approximate surface area is 69.0 Å². The number of hydrogen-bond acceptors (Lipinski definition) is 3. The van der Waals surface area contributed by atoms with Crippen LogP contribution in [0.25, 0.3) is 0 Å². The molecule has 0 aromatic rings. The van der Waals surface area contributed by atoms with E-state index in [-0.39, 0.29) is 0 Å². The number of hydrogen-bond donors (Lipinski definition) is 3. The molecule has 0 amide bonds. The molecule has 0 bridgehead atoms. The van der Waals surface area contributed by atoms with Gasteiger partial charge in [0.05, 0.1) is 0 Å². The van der Waals surface area contributed by atoms with Crippen molar-refractivity contribution in [2.24, 2.45) is 0 Å². The lowest BCUT2D eigenvalue weighted by molar-refractivity contribution is 0.214. The maximum absolute atomic E-state index is 8.95. The Morgan fingerprint density at radius 2 is 1.82 bits per heavy atom. The van der Waals surface area contributed by atoms with E-state index in [0.717, 1.165) is 25.7 Å². The van der Waals surface area contributed by atoms with Crippen LogP contribution in [0.3, 0.4) is 0 Å². The quantitative estimate of drug-likeness (QED) is 0.429. The fourth-order valence-electron chi connectivity index (χ4n) is 0.869. The van der Waals surface area contributed by atoms with E-state index in [2.05, 4.69) is 6.92 Å². The van der Waals surface area contributed by atoms with Gasteiger partial charge in [0.1, 0.15) is 5.85 Å². The fraction of sp³-hybridized carbons (Fsp3) is 1.00.